The summed E-state index contributed by atoms with van der Waals surface area (Å²) in [5, 5.41) is 12.1. The first kappa shape index (κ1) is 21.3. The topological polar surface area (TPSA) is 66.4 Å². The van der Waals surface area contributed by atoms with Crippen LogP contribution in [0, 0.1) is 17.3 Å². The molecule has 140 valence electrons. The van der Waals surface area contributed by atoms with Crippen LogP contribution in [-0.4, -0.2) is 35.0 Å². The highest BCUT2D eigenvalue weighted by molar-refractivity contribution is 7.98. The zero-order valence-corrected chi connectivity index (χ0v) is 16.6. The first-order valence-electron chi connectivity index (χ1n) is 9.31. The smallest absolute Gasteiger partial charge is 0.326 e. The van der Waals surface area contributed by atoms with Gasteiger partial charge in [0.15, 0.2) is 0 Å². The van der Waals surface area contributed by atoms with Gasteiger partial charge in [0.2, 0.25) is 5.91 Å². The average Bonchev–Trinajstić information content (AvgIpc) is 2.52. The summed E-state index contributed by atoms with van der Waals surface area (Å²) >= 11 is 1.60. The Hall–Kier alpha value is -0.710. The van der Waals surface area contributed by atoms with Crippen molar-refractivity contribution in [2.24, 2.45) is 17.3 Å². The van der Waals surface area contributed by atoms with Crippen molar-refractivity contribution < 1.29 is 14.7 Å². The highest BCUT2D eigenvalue weighted by atomic mass is 32.2. The van der Waals surface area contributed by atoms with Crippen molar-refractivity contribution in [1.29, 1.82) is 0 Å². The maximum Gasteiger partial charge on any atom is 0.326 e. The van der Waals surface area contributed by atoms with Gasteiger partial charge in [-0.15, -0.1) is 0 Å². The van der Waals surface area contributed by atoms with Crippen molar-refractivity contribution in [2.45, 2.75) is 78.2 Å². The van der Waals surface area contributed by atoms with E-state index >= 15 is 0 Å². The molecule has 0 heterocycles. The zero-order chi connectivity index (χ0) is 18.2. The van der Waals surface area contributed by atoms with Gasteiger partial charge in [0.05, 0.1) is 0 Å². The van der Waals surface area contributed by atoms with Crippen LogP contribution >= 0.6 is 11.8 Å². The highest BCUT2D eigenvalue weighted by Gasteiger charge is 2.38. The normalized spacial score (nSPS) is 25.5. The van der Waals surface area contributed by atoms with E-state index in [1.165, 1.54) is 19.3 Å². The molecule has 2 N–H and O–H groups in total. The number of carboxylic acids is 1. The minimum atomic E-state index is -0.927. The molecule has 1 aliphatic rings. The van der Waals surface area contributed by atoms with E-state index in [0.717, 1.165) is 43.3 Å². The molecular formula is C19H35NO3S. The number of hydrogen-bond donors (Lipinski definition) is 2. The molecule has 0 saturated heterocycles. The van der Waals surface area contributed by atoms with Gasteiger partial charge in [-0.1, -0.05) is 40.0 Å². The van der Waals surface area contributed by atoms with E-state index in [1.807, 2.05) is 13.2 Å². The van der Waals surface area contributed by atoms with Crippen LogP contribution in [0.2, 0.25) is 0 Å². The standard InChI is InChI=1S/C19H35NO3S/c1-14(2)6-5-7-15-8-11-19(3,12-9-15)18(23)20-16(17(21)22)10-13-24-4/h14-16H,5-13H2,1-4H3,(H,20,23)(H,21,22)/t15?,16-,19?/m0/s1. The van der Waals surface area contributed by atoms with Crippen LogP contribution in [0.25, 0.3) is 0 Å². The monoisotopic (exact) mass is 357 g/mol. The largest absolute Gasteiger partial charge is 0.480 e. The molecule has 0 aromatic carbocycles. The third-order valence-electron chi connectivity index (χ3n) is 5.36. The fourth-order valence-electron chi connectivity index (χ4n) is 3.47. The average molecular weight is 358 g/mol. The minimum absolute atomic E-state index is 0.0726. The number of hydrogen-bond acceptors (Lipinski definition) is 3. The van der Waals surface area contributed by atoms with Gasteiger partial charge in [0.25, 0.3) is 0 Å². The summed E-state index contributed by atoms with van der Waals surface area (Å²) in [5.41, 5.74) is -0.401. The number of amides is 1. The molecule has 0 aromatic heterocycles. The van der Waals surface area contributed by atoms with E-state index in [2.05, 4.69) is 19.2 Å². The van der Waals surface area contributed by atoms with Crippen LogP contribution in [0.5, 0.6) is 0 Å². The summed E-state index contributed by atoms with van der Waals surface area (Å²) in [6, 6.07) is -0.759. The summed E-state index contributed by atoms with van der Waals surface area (Å²) in [6.45, 7) is 6.52. The van der Waals surface area contributed by atoms with Crippen molar-refractivity contribution in [2.75, 3.05) is 12.0 Å². The highest BCUT2D eigenvalue weighted by Crippen LogP contribution is 2.40. The molecular weight excluding hydrogens is 322 g/mol. The lowest BCUT2D eigenvalue weighted by atomic mass is 9.70. The van der Waals surface area contributed by atoms with Crippen LogP contribution in [0.4, 0.5) is 0 Å². The molecule has 1 fully saturated rings. The summed E-state index contributed by atoms with van der Waals surface area (Å²) in [6.07, 6.45) is 10.2. The second-order valence-corrected chi connectivity index (χ2v) is 8.96. The Kier molecular flexibility index (Phi) is 9.17. The molecule has 0 unspecified atom stereocenters. The lowest BCUT2D eigenvalue weighted by Crippen LogP contribution is -2.48. The quantitative estimate of drug-likeness (QED) is 0.610. The van der Waals surface area contributed by atoms with Crippen molar-refractivity contribution in [3.63, 3.8) is 0 Å². The number of carbonyl (C=O) groups excluding carboxylic acids is 1. The number of carbonyl (C=O) groups is 2. The maximum atomic E-state index is 12.6. The van der Waals surface area contributed by atoms with Crippen molar-refractivity contribution in [1.82, 2.24) is 5.32 Å². The van der Waals surface area contributed by atoms with Gasteiger partial charge >= 0.3 is 5.97 Å². The van der Waals surface area contributed by atoms with Crippen molar-refractivity contribution in [3.05, 3.63) is 0 Å². The molecule has 0 spiro atoms. The van der Waals surface area contributed by atoms with Crippen LogP contribution in [0.15, 0.2) is 0 Å². The van der Waals surface area contributed by atoms with E-state index in [1.54, 1.807) is 11.8 Å². The molecule has 1 atom stereocenters. The Morgan fingerprint density at radius 3 is 2.38 bits per heavy atom. The predicted molar refractivity (Wildman–Crippen MR) is 101 cm³/mol. The Bertz CT molecular complexity index is 403. The second-order valence-electron chi connectivity index (χ2n) is 7.97. The lowest BCUT2D eigenvalue weighted by molar-refractivity contribution is -0.144. The molecule has 5 heteroatoms. The number of thioether (sulfide) groups is 1. The van der Waals surface area contributed by atoms with Crippen molar-refractivity contribution in [3.8, 4) is 0 Å². The van der Waals surface area contributed by atoms with E-state index in [9.17, 15) is 14.7 Å². The number of nitrogens with one attached hydrogen (secondary N) is 1. The molecule has 1 saturated carbocycles. The number of carboxylic acid groups (broad SMARTS) is 1. The Balaban J connectivity index is 2.46. The van der Waals surface area contributed by atoms with Crippen LogP contribution in [0.3, 0.4) is 0 Å². The second kappa shape index (κ2) is 10.3. The summed E-state index contributed by atoms with van der Waals surface area (Å²) in [4.78, 5) is 24.0. The molecule has 1 rings (SSSR count). The number of aliphatic carboxylic acids is 1. The third kappa shape index (κ3) is 7.04. The van der Waals surface area contributed by atoms with Gasteiger partial charge in [-0.2, -0.15) is 11.8 Å². The van der Waals surface area contributed by atoms with E-state index in [4.69, 9.17) is 0 Å². The predicted octanol–water partition coefficient (Wildman–Crippen LogP) is 4.33. The Labute approximate surface area is 151 Å². The Morgan fingerprint density at radius 1 is 1.25 bits per heavy atom. The van der Waals surface area contributed by atoms with Gasteiger partial charge in [0, 0.05) is 5.41 Å². The zero-order valence-electron chi connectivity index (χ0n) is 15.8. The van der Waals surface area contributed by atoms with E-state index < -0.39 is 17.4 Å². The lowest BCUT2D eigenvalue weighted by Gasteiger charge is -2.37. The fraction of sp³-hybridized carbons (Fsp3) is 0.895. The maximum absolute atomic E-state index is 12.6. The summed E-state index contributed by atoms with van der Waals surface area (Å²) in [7, 11) is 0. The van der Waals surface area contributed by atoms with Crippen LogP contribution in [0.1, 0.15) is 72.1 Å². The van der Waals surface area contributed by atoms with Gasteiger partial charge in [-0.3, -0.25) is 4.79 Å². The minimum Gasteiger partial charge on any atom is -0.480 e. The van der Waals surface area contributed by atoms with Crippen LogP contribution in [-0.2, 0) is 9.59 Å². The van der Waals surface area contributed by atoms with Crippen LogP contribution < -0.4 is 5.32 Å². The molecule has 0 aliphatic heterocycles. The third-order valence-corrected chi connectivity index (χ3v) is 6.01. The van der Waals surface area contributed by atoms with E-state index in [0.29, 0.717) is 6.42 Å². The van der Waals surface area contributed by atoms with Gasteiger partial charge in [-0.05, 0) is 55.9 Å². The fourth-order valence-corrected chi connectivity index (χ4v) is 3.94. The molecule has 1 aliphatic carbocycles. The summed E-state index contributed by atoms with van der Waals surface area (Å²) < 4.78 is 0. The molecule has 0 aromatic rings. The molecule has 0 radical (unpaired) electrons. The molecule has 0 bridgehead atoms. The van der Waals surface area contributed by atoms with Gasteiger partial charge < -0.3 is 10.4 Å². The SMILES string of the molecule is CSCC[C@H](NC(=O)C1(C)CCC(CCCC(C)C)CC1)C(=O)O. The number of rotatable bonds is 10. The van der Waals surface area contributed by atoms with Crippen molar-refractivity contribution >= 4 is 23.6 Å². The molecule has 1 amide bonds. The summed E-state index contributed by atoms with van der Waals surface area (Å²) in [5.74, 6) is 1.24. The first-order valence-corrected chi connectivity index (χ1v) is 10.7. The first-order chi connectivity index (χ1) is 11.3. The molecule has 4 nitrogen and oxygen atoms in total. The van der Waals surface area contributed by atoms with Gasteiger partial charge in [0.1, 0.15) is 6.04 Å². The molecule has 24 heavy (non-hydrogen) atoms. The van der Waals surface area contributed by atoms with E-state index in [-0.39, 0.29) is 5.91 Å². The Morgan fingerprint density at radius 2 is 1.88 bits per heavy atom. The van der Waals surface area contributed by atoms with Gasteiger partial charge in [-0.25, -0.2) is 4.79 Å².